The van der Waals surface area contributed by atoms with Crippen molar-refractivity contribution in [2.45, 2.75) is 29.7 Å². The number of phenols is 1. The number of amides is 1. The van der Waals surface area contributed by atoms with E-state index in [0.29, 0.717) is 33.6 Å². The number of rotatable bonds is 10. The van der Waals surface area contributed by atoms with Crippen molar-refractivity contribution in [1.82, 2.24) is 10.2 Å². The molecule has 6 aromatic rings. The van der Waals surface area contributed by atoms with Crippen LogP contribution in [0.15, 0.2) is 119 Å². The number of aliphatic hydroxyl groups is 1. The number of carbonyl (C=O) groups excluding carboxylic acids is 2. The summed E-state index contributed by atoms with van der Waals surface area (Å²) in [6.07, 6.45) is 0. The highest BCUT2D eigenvalue weighted by atomic mass is 32.2. The number of phenolic OH excluding ortho intramolecular Hbond substituents is 1. The third-order valence-electron chi connectivity index (χ3n) is 8.41. The van der Waals surface area contributed by atoms with E-state index >= 15 is 0 Å². The van der Waals surface area contributed by atoms with Crippen molar-refractivity contribution in [1.29, 1.82) is 0 Å². The molecule has 50 heavy (non-hydrogen) atoms. The molecular formula is C39H31N3O6S2. The first-order chi connectivity index (χ1) is 24.3. The predicted octanol–water partition coefficient (Wildman–Crippen LogP) is 8.21. The quantitative estimate of drug-likeness (QED) is 0.0478. The summed E-state index contributed by atoms with van der Waals surface area (Å²) in [7, 11) is 1.41. The lowest BCUT2D eigenvalue weighted by Gasteiger charge is -2.23. The van der Waals surface area contributed by atoms with Crippen LogP contribution in [-0.2, 0) is 21.9 Å². The number of fused-ring (bicyclic) bond motifs is 1. The second-order valence-corrected chi connectivity index (χ2v) is 13.9. The van der Waals surface area contributed by atoms with E-state index < -0.39 is 17.7 Å². The van der Waals surface area contributed by atoms with Gasteiger partial charge in [-0.15, -0.1) is 10.2 Å². The molecule has 1 unspecified atom stereocenters. The Morgan fingerprint density at radius 1 is 0.920 bits per heavy atom. The Morgan fingerprint density at radius 2 is 1.70 bits per heavy atom. The van der Waals surface area contributed by atoms with E-state index in [1.54, 1.807) is 30.3 Å². The maximum absolute atomic E-state index is 13.8. The largest absolute Gasteiger partial charge is 0.507 e. The number of hydrogen-bond donors (Lipinski definition) is 2. The smallest absolute Gasteiger partial charge is 0.301 e. The van der Waals surface area contributed by atoms with Gasteiger partial charge in [-0.05, 0) is 70.8 Å². The number of benzene rings is 5. The minimum absolute atomic E-state index is 0.113. The highest BCUT2D eigenvalue weighted by Crippen LogP contribution is 2.45. The molecule has 1 fully saturated rings. The summed E-state index contributed by atoms with van der Waals surface area (Å²) in [5.74, 6) is -0.862. The third kappa shape index (κ3) is 6.52. The number of carbonyl (C=O) groups is 2. The molecule has 1 atom stereocenters. The summed E-state index contributed by atoms with van der Waals surface area (Å²) in [4.78, 5) is 28.7. The van der Waals surface area contributed by atoms with Crippen LogP contribution in [0.3, 0.4) is 0 Å². The van der Waals surface area contributed by atoms with Gasteiger partial charge in [0, 0.05) is 11.3 Å². The molecule has 1 amide bonds. The number of nitrogens with zero attached hydrogens (tertiary/aromatic N) is 3. The number of Topliss-reactive ketones (excluding diaryl/α,β-unsaturated/α-hetero) is 1. The fourth-order valence-electron chi connectivity index (χ4n) is 5.96. The number of aromatic nitrogens is 2. The molecule has 1 aliphatic heterocycles. The van der Waals surface area contributed by atoms with Crippen molar-refractivity contribution in [3.05, 3.63) is 143 Å². The maximum Gasteiger partial charge on any atom is 0.301 e. The number of ether oxygens (including phenoxy) is 2. The van der Waals surface area contributed by atoms with Gasteiger partial charge in [0.05, 0.1) is 18.7 Å². The van der Waals surface area contributed by atoms with Crippen LogP contribution in [0.1, 0.15) is 33.9 Å². The molecule has 0 spiro atoms. The van der Waals surface area contributed by atoms with Gasteiger partial charge in [0.25, 0.3) is 5.78 Å². The molecule has 0 aliphatic carbocycles. The molecule has 1 aliphatic rings. The highest BCUT2D eigenvalue weighted by Gasteiger charge is 2.48. The normalized spacial score (nSPS) is 15.5. The van der Waals surface area contributed by atoms with E-state index in [0.717, 1.165) is 27.5 Å². The Bertz CT molecular complexity index is 2260. The second-order valence-electron chi connectivity index (χ2n) is 11.7. The van der Waals surface area contributed by atoms with Gasteiger partial charge in [0.2, 0.25) is 5.13 Å². The van der Waals surface area contributed by atoms with Gasteiger partial charge < -0.3 is 19.7 Å². The topological polar surface area (TPSA) is 122 Å². The van der Waals surface area contributed by atoms with Gasteiger partial charge in [-0.25, -0.2) is 0 Å². The molecule has 1 aromatic heterocycles. The number of methoxy groups -OCH3 is 1. The molecule has 11 heteroatoms. The van der Waals surface area contributed by atoms with Crippen molar-refractivity contribution in [2.75, 3.05) is 12.0 Å². The van der Waals surface area contributed by atoms with Gasteiger partial charge in [-0.3, -0.25) is 14.5 Å². The Kier molecular flexibility index (Phi) is 9.25. The molecule has 2 N–H and O–H groups in total. The summed E-state index contributed by atoms with van der Waals surface area (Å²) >= 11 is 2.66. The van der Waals surface area contributed by atoms with Crippen molar-refractivity contribution in [3.8, 4) is 17.2 Å². The molecule has 2 heterocycles. The predicted molar refractivity (Wildman–Crippen MR) is 195 cm³/mol. The zero-order valence-electron chi connectivity index (χ0n) is 27.1. The molecule has 7 rings (SSSR count). The first kappa shape index (κ1) is 32.9. The lowest BCUT2D eigenvalue weighted by atomic mass is 9.95. The SMILES string of the molecule is COc1cc(C2/C(=C(\O)c3ccc(OCc4cccc(C)c4)cc3)C(=O)C(=O)N2c2nnc(SCc3cccc4ccccc34)s2)ccc1O. The molecular weight excluding hydrogens is 671 g/mol. The summed E-state index contributed by atoms with van der Waals surface area (Å²) < 4.78 is 11.9. The minimum atomic E-state index is -1.08. The van der Waals surface area contributed by atoms with Crippen LogP contribution in [0, 0.1) is 6.92 Å². The first-order valence-corrected chi connectivity index (χ1v) is 17.5. The summed E-state index contributed by atoms with van der Waals surface area (Å²) in [6.45, 7) is 2.38. The zero-order valence-corrected chi connectivity index (χ0v) is 28.7. The van der Waals surface area contributed by atoms with Gasteiger partial charge in [0.1, 0.15) is 18.1 Å². The Morgan fingerprint density at radius 3 is 2.50 bits per heavy atom. The fourth-order valence-corrected chi connectivity index (χ4v) is 7.83. The van der Waals surface area contributed by atoms with E-state index in [-0.39, 0.29) is 28.0 Å². The Hall–Kier alpha value is -5.65. The minimum Gasteiger partial charge on any atom is -0.507 e. The molecule has 0 radical (unpaired) electrons. The molecule has 5 aromatic carbocycles. The van der Waals surface area contributed by atoms with Gasteiger partial charge in [-0.1, -0.05) is 101 Å². The molecule has 0 saturated carbocycles. The van der Waals surface area contributed by atoms with Crippen LogP contribution in [0.5, 0.6) is 17.2 Å². The number of aryl methyl sites for hydroxylation is 1. The number of anilines is 1. The number of ketones is 1. The molecule has 250 valence electrons. The van der Waals surface area contributed by atoms with Crippen LogP contribution in [0.4, 0.5) is 5.13 Å². The van der Waals surface area contributed by atoms with E-state index in [2.05, 4.69) is 34.5 Å². The van der Waals surface area contributed by atoms with E-state index in [1.165, 1.54) is 47.2 Å². The number of aliphatic hydroxyl groups excluding tert-OH is 1. The molecule has 0 bridgehead atoms. The first-order valence-electron chi connectivity index (χ1n) is 15.7. The number of hydrogen-bond acceptors (Lipinski definition) is 10. The lowest BCUT2D eigenvalue weighted by Crippen LogP contribution is -2.29. The molecule has 1 saturated heterocycles. The average molecular weight is 702 g/mol. The third-order valence-corrected chi connectivity index (χ3v) is 10.5. The van der Waals surface area contributed by atoms with Crippen LogP contribution in [0.2, 0.25) is 0 Å². The van der Waals surface area contributed by atoms with Crippen molar-refractivity contribution in [3.63, 3.8) is 0 Å². The monoisotopic (exact) mass is 701 g/mol. The maximum atomic E-state index is 13.8. The Labute approximate surface area is 296 Å². The standard InChI is InChI=1S/C39H31N3O6S2/c1-23-7-5-8-24(19-23)21-48-29-16-13-26(14-17-29)35(44)33-34(27-15-18-31(43)32(20-27)47-2)42(37(46)36(33)45)38-40-41-39(50-38)49-22-28-11-6-10-25-9-3-4-12-30(25)28/h3-20,34,43-44H,21-22H2,1-2H3/b35-33+. The van der Waals surface area contributed by atoms with Crippen molar-refractivity contribution in [2.24, 2.45) is 0 Å². The summed E-state index contributed by atoms with van der Waals surface area (Å²) in [6, 6.07) is 32.4. The van der Waals surface area contributed by atoms with Crippen molar-refractivity contribution < 1.29 is 29.3 Å². The fraction of sp³-hybridized carbons (Fsp3) is 0.128. The highest BCUT2D eigenvalue weighted by molar-refractivity contribution is 8.00. The Balaban J connectivity index is 1.20. The number of thioether (sulfide) groups is 1. The van der Waals surface area contributed by atoms with Gasteiger partial charge >= 0.3 is 5.91 Å². The van der Waals surface area contributed by atoms with Crippen LogP contribution in [0.25, 0.3) is 16.5 Å². The molecule has 9 nitrogen and oxygen atoms in total. The second kappa shape index (κ2) is 14.1. The number of aromatic hydroxyl groups is 1. The van der Waals surface area contributed by atoms with Crippen LogP contribution >= 0.6 is 23.1 Å². The summed E-state index contributed by atoms with van der Waals surface area (Å²) in [5.41, 5.74) is 3.91. The van der Waals surface area contributed by atoms with Crippen molar-refractivity contribution >= 4 is 56.5 Å². The van der Waals surface area contributed by atoms with Crippen LogP contribution < -0.4 is 14.4 Å². The van der Waals surface area contributed by atoms with E-state index in [9.17, 15) is 19.8 Å². The van der Waals surface area contributed by atoms with Gasteiger partial charge in [0.15, 0.2) is 15.8 Å². The van der Waals surface area contributed by atoms with E-state index in [4.69, 9.17) is 9.47 Å². The average Bonchev–Trinajstić information content (AvgIpc) is 3.71. The van der Waals surface area contributed by atoms with Crippen LogP contribution in [-0.4, -0.2) is 39.2 Å². The van der Waals surface area contributed by atoms with Gasteiger partial charge in [-0.2, -0.15) is 0 Å². The van der Waals surface area contributed by atoms with E-state index in [1.807, 2.05) is 49.4 Å². The lowest BCUT2D eigenvalue weighted by molar-refractivity contribution is -0.132. The summed E-state index contributed by atoms with van der Waals surface area (Å²) in [5, 5.41) is 33.1. The zero-order chi connectivity index (χ0) is 34.8.